The van der Waals surface area contributed by atoms with Gasteiger partial charge < -0.3 is 10.2 Å². The lowest BCUT2D eigenvalue weighted by Gasteiger charge is -2.21. The molecule has 0 fully saturated rings. The molecule has 0 saturated heterocycles. The van der Waals surface area contributed by atoms with E-state index in [-0.39, 0.29) is 17.5 Å². The molecule has 0 saturated carbocycles. The van der Waals surface area contributed by atoms with Crippen molar-refractivity contribution in [3.8, 4) is 6.07 Å². The highest BCUT2D eigenvalue weighted by molar-refractivity contribution is 6.31. The van der Waals surface area contributed by atoms with Crippen LogP contribution in [0, 0.1) is 17.1 Å². The molecule has 24 heavy (non-hydrogen) atoms. The summed E-state index contributed by atoms with van der Waals surface area (Å²) in [5.74, 6) is -1.42. The Bertz CT molecular complexity index is 816. The van der Waals surface area contributed by atoms with Crippen molar-refractivity contribution in [3.05, 3.63) is 58.9 Å². The lowest BCUT2D eigenvalue weighted by atomic mass is 10.2. The molecule has 0 atom stereocenters. The van der Waals surface area contributed by atoms with Gasteiger partial charge in [0.05, 0.1) is 16.7 Å². The van der Waals surface area contributed by atoms with E-state index in [0.717, 1.165) is 6.07 Å². The molecule has 5 nitrogen and oxygen atoms in total. The van der Waals surface area contributed by atoms with Crippen molar-refractivity contribution in [2.45, 2.75) is 6.92 Å². The standard InChI is InChI=1S/C17H13ClFN3O2/c1-11(23)22(14-6-7-16(19)15(18)8-14)10-17(24)21-13-4-2-12(9-20)3-5-13/h2-8H,10H2,1H3,(H,21,24). The molecule has 7 heteroatoms. The quantitative estimate of drug-likeness (QED) is 0.923. The predicted molar refractivity (Wildman–Crippen MR) is 89.2 cm³/mol. The highest BCUT2D eigenvalue weighted by Gasteiger charge is 2.17. The van der Waals surface area contributed by atoms with E-state index in [2.05, 4.69) is 5.32 Å². The van der Waals surface area contributed by atoms with Crippen molar-refractivity contribution in [2.75, 3.05) is 16.8 Å². The summed E-state index contributed by atoms with van der Waals surface area (Å²) in [6.07, 6.45) is 0. The number of hydrogen-bond acceptors (Lipinski definition) is 3. The molecule has 1 N–H and O–H groups in total. The second-order valence-electron chi connectivity index (χ2n) is 4.94. The van der Waals surface area contributed by atoms with Crippen LogP contribution >= 0.6 is 11.6 Å². The first-order valence-corrected chi connectivity index (χ1v) is 7.31. The van der Waals surface area contributed by atoms with Crippen molar-refractivity contribution < 1.29 is 14.0 Å². The van der Waals surface area contributed by atoms with E-state index >= 15 is 0 Å². The molecule has 0 aliphatic heterocycles. The maximum Gasteiger partial charge on any atom is 0.244 e. The molecule has 2 rings (SSSR count). The van der Waals surface area contributed by atoms with E-state index in [1.54, 1.807) is 24.3 Å². The van der Waals surface area contributed by atoms with Crippen LogP contribution in [0.15, 0.2) is 42.5 Å². The summed E-state index contributed by atoms with van der Waals surface area (Å²) in [4.78, 5) is 25.1. The molecular formula is C17H13ClFN3O2. The predicted octanol–water partition coefficient (Wildman–Crippen LogP) is 3.34. The maximum absolute atomic E-state index is 13.2. The summed E-state index contributed by atoms with van der Waals surface area (Å²) in [5, 5.41) is 11.2. The van der Waals surface area contributed by atoms with Gasteiger partial charge in [0, 0.05) is 18.3 Å². The van der Waals surface area contributed by atoms with Crippen molar-refractivity contribution in [1.29, 1.82) is 5.26 Å². The Morgan fingerprint density at radius 2 is 1.92 bits per heavy atom. The van der Waals surface area contributed by atoms with Crippen LogP contribution in [0.2, 0.25) is 5.02 Å². The molecule has 0 unspecified atom stereocenters. The number of anilines is 2. The average Bonchev–Trinajstić information content (AvgIpc) is 2.56. The minimum Gasteiger partial charge on any atom is -0.325 e. The van der Waals surface area contributed by atoms with Gasteiger partial charge in [0.2, 0.25) is 11.8 Å². The first-order valence-electron chi connectivity index (χ1n) is 6.94. The number of benzene rings is 2. The molecule has 122 valence electrons. The lowest BCUT2D eigenvalue weighted by Crippen LogP contribution is -2.36. The Morgan fingerprint density at radius 3 is 2.46 bits per heavy atom. The number of carbonyl (C=O) groups excluding carboxylic acids is 2. The summed E-state index contributed by atoms with van der Waals surface area (Å²) in [6.45, 7) is 1.05. The smallest absolute Gasteiger partial charge is 0.244 e. The third kappa shape index (κ3) is 4.31. The normalized spacial score (nSPS) is 9.92. The summed E-state index contributed by atoms with van der Waals surface area (Å²) < 4.78 is 13.2. The second-order valence-corrected chi connectivity index (χ2v) is 5.35. The topological polar surface area (TPSA) is 73.2 Å². The Morgan fingerprint density at radius 1 is 1.25 bits per heavy atom. The van der Waals surface area contributed by atoms with Crippen LogP contribution in [0.25, 0.3) is 0 Å². The average molecular weight is 346 g/mol. The van der Waals surface area contributed by atoms with Crippen LogP contribution in [0.3, 0.4) is 0 Å². The molecule has 2 amide bonds. The zero-order valence-corrected chi connectivity index (χ0v) is 13.5. The summed E-state index contributed by atoms with van der Waals surface area (Å²) >= 11 is 5.72. The molecule has 2 aromatic rings. The Kier molecular flexibility index (Phi) is 5.51. The lowest BCUT2D eigenvalue weighted by molar-refractivity contribution is -0.120. The number of amides is 2. The summed E-state index contributed by atoms with van der Waals surface area (Å²) in [6, 6.07) is 12.1. The van der Waals surface area contributed by atoms with Crippen molar-refractivity contribution in [1.82, 2.24) is 0 Å². The zero-order valence-electron chi connectivity index (χ0n) is 12.7. The first-order chi connectivity index (χ1) is 11.4. The third-order valence-electron chi connectivity index (χ3n) is 3.19. The van der Waals surface area contributed by atoms with Gasteiger partial charge in [0.15, 0.2) is 0 Å². The molecule has 0 bridgehead atoms. The van der Waals surface area contributed by atoms with Crippen LogP contribution in [0.1, 0.15) is 12.5 Å². The molecule has 0 radical (unpaired) electrons. The monoisotopic (exact) mass is 345 g/mol. The van der Waals surface area contributed by atoms with Gasteiger partial charge in [-0.25, -0.2) is 4.39 Å². The van der Waals surface area contributed by atoms with E-state index in [1.807, 2.05) is 6.07 Å². The van der Waals surface area contributed by atoms with Gasteiger partial charge in [-0.15, -0.1) is 0 Å². The van der Waals surface area contributed by atoms with Crippen LogP contribution in [-0.2, 0) is 9.59 Å². The van der Waals surface area contributed by atoms with Gasteiger partial charge in [-0.1, -0.05) is 11.6 Å². The molecule has 0 aromatic heterocycles. The Balaban J connectivity index is 2.12. The molecule has 0 aliphatic carbocycles. The van der Waals surface area contributed by atoms with Crippen molar-refractivity contribution >= 4 is 34.8 Å². The minimum atomic E-state index is -0.606. The minimum absolute atomic E-state index is 0.133. The molecular weight excluding hydrogens is 333 g/mol. The van der Waals surface area contributed by atoms with E-state index in [1.165, 1.54) is 24.0 Å². The first kappa shape index (κ1) is 17.4. The van der Waals surface area contributed by atoms with Gasteiger partial charge in [0.25, 0.3) is 0 Å². The molecule has 0 spiro atoms. The number of nitrogens with one attached hydrogen (secondary N) is 1. The highest BCUT2D eigenvalue weighted by Crippen LogP contribution is 2.23. The fraction of sp³-hybridized carbons (Fsp3) is 0.118. The van der Waals surface area contributed by atoms with E-state index < -0.39 is 11.7 Å². The van der Waals surface area contributed by atoms with Gasteiger partial charge >= 0.3 is 0 Å². The number of halogens is 2. The maximum atomic E-state index is 13.2. The number of rotatable bonds is 4. The fourth-order valence-electron chi connectivity index (χ4n) is 2.01. The zero-order chi connectivity index (χ0) is 17.7. The van der Waals surface area contributed by atoms with Crippen molar-refractivity contribution in [3.63, 3.8) is 0 Å². The third-order valence-corrected chi connectivity index (χ3v) is 3.48. The van der Waals surface area contributed by atoms with Crippen LogP contribution in [0.5, 0.6) is 0 Å². The molecule has 2 aromatic carbocycles. The van der Waals surface area contributed by atoms with Gasteiger partial charge in [-0.3, -0.25) is 9.59 Å². The van der Waals surface area contributed by atoms with Crippen molar-refractivity contribution in [2.24, 2.45) is 0 Å². The van der Waals surface area contributed by atoms with E-state index in [4.69, 9.17) is 16.9 Å². The number of hydrogen-bond donors (Lipinski definition) is 1. The molecule has 0 heterocycles. The van der Waals surface area contributed by atoms with Crippen LogP contribution in [-0.4, -0.2) is 18.4 Å². The van der Waals surface area contributed by atoms with E-state index in [9.17, 15) is 14.0 Å². The van der Waals surface area contributed by atoms with E-state index in [0.29, 0.717) is 16.9 Å². The number of carbonyl (C=O) groups is 2. The van der Waals surface area contributed by atoms with Gasteiger partial charge in [0.1, 0.15) is 12.4 Å². The SMILES string of the molecule is CC(=O)N(CC(=O)Nc1ccc(C#N)cc1)c1ccc(F)c(Cl)c1. The largest absolute Gasteiger partial charge is 0.325 e. The molecule has 0 aliphatic rings. The summed E-state index contributed by atoms with van der Waals surface area (Å²) in [5.41, 5.74) is 1.29. The summed E-state index contributed by atoms with van der Waals surface area (Å²) in [7, 11) is 0. The van der Waals surface area contributed by atoms with Crippen LogP contribution < -0.4 is 10.2 Å². The second kappa shape index (κ2) is 7.57. The Hall–Kier alpha value is -2.91. The van der Waals surface area contributed by atoms with Gasteiger partial charge in [-0.05, 0) is 42.5 Å². The number of nitriles is 1. The fourth-order valence-corrected chi connectivity index (χ4v) is 2.18. The van der Waals surface area contributed by atoms with Crippen LogP contribution in [0.4, 0.5) is 15.8 Å². The number of nitrogens with zero attached hydrogens (tertiary/aromatic N) is 2. The van der Waals surface area contributed by atoms with Gasteiger partial charge in [-0.2, -0.15) is 5.26 Å². The highest BCUT2D eigenvalue weighted by atomic mass is 35.5. The Labute approximate surface area is 143 Å².